The zero-order valence-electron chi connectivity index (χ0n) is 42.8. The van der Waals surface area contributed by atoms with Crippen LogP contribution in [-0.2, 0) is 55.5 Å². The molecule has 3 fully saturated rings. The van der Waals surface area contributed by atoms with Crippen molar-refractivity contribution in [3.05, 3.63) is 12.7 Å². The van der Waals surface area contributed by atoms with Gasteiger partial charge in [-0.25, -0.2) is 33.4 Å². The number of amides is 5. The number of thioether (sulfide) groups is 2. The number of anilines is 1. The van der Waals surface area contributed by atoms with E-state index >= 15 is 0 Å². The molecule has 3 unspecified atom stereocenters. The summed E-state index contributed by atoms with van der Waals surface area (Å²) in [5, 5.41) is 36.1. The topological polar surface area (TPSA) is 434 Å². The first kappa shape index (κ1) is 64.5. The van der Waals surface area contributed by atoms with Crippen molar-refractivity contribution in [2.45, 2.75) is 158 Å². The SMILES string of the molecule is CC(C)(COP(=O)(O)OP(=O)(O)OC[C@H]1O[C@@H](n2cnc3c(N)ncnc32)C(O)[C@H]1OP(=O)(O)O)[C@@H](O)C(=O)NCCC(=O)NCCSC(=O)CCCCCCCCCCCNC(=O)CCCC[C@@H]1SC[C@@H]2NC(=O)N[C@@H]21. The van der Waals surface area contributed by atoms with Crippen molar-refractivity contribution in [2.75, 3.05) is 50.1 Å². The van der Waals surface area contributed by atoms with E-state index in [1.807, 2.05) is 11.8 Å². The molecule has 0 radical (unpaired) electrons. The van der Waals surface area contributed by atoms with Gasteiger partial charge in [0.05, 0.1) is 31.6 Å². The van der Waals surface area contributed by atoms with E-state index in [-0.39, 0.29) is 65.6 Å². The Balaban J connectivity index is 0.846. The maximum Gasteiger partial charge on any atom is 0.481 e. The predicted molar refractivity (Wildman–Crippen MR) is 280 cm³/mol. The fourth-order valence-electron chi connectivity index (χ4n) is 8.59. The molecular formula is C43H73N10O19P3S2. The zero-order valence-corrected chi connectivity index (χ0v) is 47.2. The lowest BCUT2D eigenvalue weighted by molar-refractivity contribution is -0.137. The molecule has 436 valence electrons. The van der Waals surface area contributed by atoms with E-state index in [0.29, 0.717) is 30.4 Å². The van der Waals surface area contributed by atoms with E-state index in [0.717, 1.165) is 112 Å². The fourth-order valence-corrected chi connectivity index (χ4v) is 13.7. The summed E-state index contributed by atoms with van der Waals surface area (Å²) in [6.45, 7) is 1.18. The molecule has 5 heterocycles. The van der Waals surface area contributed by atoms with Gasteiger partial charge in [0, 0.05) is 61.1 Å². The van der Waals surface area contributed by atoms with E-state index in [1.165, 1.54) is 13.8 Å². The Bertz CT molecular complexity index is 2440. The summed E-state index contributed by atoms with van der Waals surface area (Å²) < 4.78 is 62.5. The summed E-state index contributed by atoms with van der Waals surface area (Å²) in [6.07, 6.45) is 6.09. The number of nitrogens with two attached hydrogens (primary N) is 1. The van der Waals surface area contributed by atoms with Crippen LogP contribution in [0.15, 0.2) is 12.7 Å². The lowest BCUT2D eigenvalue weighted by atomic mass is 9.87. The van der Waals surface area contributed by atoms with Gasteiger partial charge in [0.1, 0.15) is 36.3 Å². The number of fused-ring (bicyclic) bond motifs is 2. The van der Waals surface area contributed by atoms with Gasteiger partial charge in [-0.2, -0.15) is 16.1 Å². The van der Waals surface area contributed by atoms with Crippen molar-refractivity contribution in [3.8, 4) is 0 Å². The first-order valence-electron chi connectivity index (χ1n) is 25.3. The van der Waals surface area contributed by atoms with E-state index in [1.54, 1.807) is 0 Å². The number of aromatic nitrogens is 4. The van der Waals surface area contributed by atoms with Crippen LogP contribution in [0.1, 0.15) is 116 Å². The summed E-state index contributed by atoms with van der Waals surface area (Å²) in [5.41, 5.74) is 4.26. The molecule has 3 aliphatic heterocycles. The second-order valence-corrected chi connectivity index (χ2v) is 26.1. The van der Waals surface area contributed by atoms with Crippen molar-refractivity contribution in [3.63, 3.8) is 0 Å². The maximum atomic E-state index is 12.8. The third kappa shape index (κ3) is 21.6. The van der Waals surface area contributed by atoms with Gasteiger partial charge in [0.25, 0.3) is 0 Å². The molecule has 0 spiro atoms. The van der Waals surface area contributed by atoms with Gasteiger partial charge in [0.15, 0.2) is 22.8 Å². The van der Waals surface area contributed by atoms with Crippen LogP contribution in [0.4, 0.5) is 10.6 Å². The highest BCUT2D eigenvalue weighted by Crippen LogP contribution is 2.61. The van der Waals surface area contributed by atoms with Crippen LogP contribution in [0.25, 0.3) is 11.2 Å². The lowest BCUT2D eigenvalue weighted by Crippen LogP contribution is -2.46. The summed E-state index contributed by atoms with van der Waals surface area (Å²) in [5.74, 6) is -0.0592. The highest BCUT2D eigenvalue weighted by Gasteiger charge is 2.50. The normalized spacial score (nSPS) is 23.4. The molecule has 13 N–H and O–H groups in total. The maximum absolute atomic E-state index is 12.8. The van der Waals surface area contributed by atoms with Crippen LogP contribution in [-0.4, -0.2) is 164 Å². The molecule has 34 heteroatoms. The molecule has 2 aromatic rings. The summed E-state index contributed by atoms with van der Waals surface area (Å²) in [4.78, 5) is 112. The number of carbonyl (C=O) groups is 5. The van der Waals surface area contributed by atoms with Crippen LogP contribution in [0, 0.1) is 5.41 Å². The number of ether oxygens (including phenoxy) is 1. The monoisotopic (exact) mass is 1190 g/mol. The van der Waals surface area contributed by atoms with Crippen LogP contribution >= 0.6 is 47.0 Å². The number of phosphoric acid groups is 3. The number of carbonyl (C=O) groups excluding carboxylic acids is 5. The molecule has 77 heavy (non-hydrogen) atoms. The van der Waals surface area contributed by atoms with Gasteiger partial charge < -0.3 is 66.8 Å². The number of nitrogens with one attached hydrogen (secondary N) is 5. The highest BCUT2D eigenvalue weighted by molar-refractivity contribution is 8.13. The number of aliphatic hydroxyl groups is 2. The van der Waals surface area contributed by atoms with Gasteiger partial charge in [0.2, 0.25) is 17.7 Å². The van der Waals surface area contributed by atoms with E-state index in [2.05, 4.69) is 50.4 Å². The first-order chi connectivity index (χ1) is 36.3. The molecule has 10 atom stereocenters. The van der Waals surface area contributed by atoms with Crippen molar-refractivity contribution < 1.29 is 90.1 Å². The molecule has 0 aromatic carbocycles. The molecule has 0 saturated carbocycles. The third-order valence-electron chi connectivity index (χ3n) is 12.7. The van der Waals surface area contributed by atoms with Gasteiger partial charge in [-0.3, -0.25) is 37.3 Å². The number of hydrogen-bond donors (Lipinski definition) is 12. The number of unbranched alkanes of at least 4 members (excludes halogenated alkanes) is 9. The van der Waals surface area contributed by atoms with Crippen molar-refractivity contribution in [2.24, 2.45) is 5.41 Å². The van der Waals surface area contributed by atoms with Crippen molar-refractivity contribution in [1.29, 1.82) is 0 Å². The fraction of sp³-hybridized carbons (Fsp3) is 0.767. The minimum Gasteiger partial charge on any atom is -0.386 e. The van der Waals surface area contributed by atoms with E-state index in [9.17, 15) is 67.5 Å². The quantitative estimate of drug-likeness (QED) is 0.0265. The standard InChI is InChI=1S/C43H73N10O19P3S2/c1-43(2,24-69-75(66,67)72-74(64,65)68-22-28-36(71-73(61,62)63)35(57)41(70-28)53-26-50-34-38(44)48-25-49-39(34)53)37(58)40(59)47-19-17-31(55)46-20-21-76-32(56)16-10-8-6-4-3-5-7-9-13-18-45-30(54)15-12-11-14-29-33-27(23-77-29)51-42(60)52-33/h25-29,33,35-37,41,57-58H,3-24H2,1-2H3,(H,45,54)(H,46,55)(H,47,59)(H,64,65)(H,66,67)(H2,44,48,49)(H2,51,52,60)(H2,61,62,63)/t27-,28+,29-,33-,35?,36-,37-,41+/m0/s1. The minimum atomic E-state index is -5.59. The minimum absolute atomic E-state index is 0.0269. The Morgan fingerprint density at radius 2 is 1.52 bits per heavy atom. The first-order valence-corrected chi connectivity index (χ1v) is 31.9. The van der Waals surface area contributed by atoms with Gasteiger partial charge in [-0.1, -0.05) is 77.0 Å². The smallest absolute Gasteiger partial charge is 0.386 e. The number of urea groups is 1. The second kappa shape index (κ2) is 30.5. The van der Waals surface area contributed by atoms with E-state index < -0.39 is 84.6 Å². The van der Waals surface area contributed by atoms with Crippen LogP contribution < -0.4 is 32.3 Å². The number of phosphoric ester groups is 3. The van der Waals surface area contributed by atoms with Crippen LogP contribution in [0.3, 0.4) is 0 Å². The molecule has 0 aliphatic carbocycles. The lowest BCUT2D eigenvalue weighted by Gasteiger charge is -2.30. The Kier molecular flexibility index (Phi) is 25.5. The Hall–Kier alpha value is -3.35. The van der Waals surface area contributed by atoms with Gasteiger partial charge in [-0.05, 0) is 25.7 Å². The zero-order chi connectivity index (χ0) is 56.4. The predicted octanol–water partition coefficient (Wildman–Crippen LogP) is 2.41. The van der Waals surface area contributed by atoms with Gasteiger partial charge in [-0.15, -0.1) is 0 Å². The Morgan fingerprint density at radius 1 is 0.870 bits per heavy atom. The third-order valence-corrected chi connectivity index (χ3v) is 18.3. The molecule has 3 saturated heterocycles. The molecule has 5 rings (SSSR count). The van der Waals surface area contributed by atoms with Crippen LogP contribution in [0.5, 0.6) is 0 Å². The number of hydrogen-bond acceptors (Lipinski definition) is 21. The molecular weight excluding hydrogens is 1120 g/mol. The summed E-state index contributed by atoms with van der Waals surface area (Å²) in [6, 6.07) is 0.348. The summed E-state index contributed by atoms with van der Waals surface area (Å²) in [7, 11) is -16.5. The van der Waals surface area contributed by atoms with Crippen molar-refractivity contribution >= 4 is 92.8 Å². The number of nitrogens with zero attached hydrogens (tertiary/aromatic N) is 4. The molecule has 5 amide bonds. The second-order valence-electron chi connectivity index (χ2n) is 19.4. The van der Waals surface area contributed by atoms with E-state index in [4.69, 9.17) is 19.5 Å². The Morgan fingerprint density at radius 3 is 2.23 bits per heavy atom. The molecule has 2 aromatic heterocycles. The average Bonchev–Trinajstić information content (AvgIpc) is 4.13. The highest BCUT2D eigenvalue weighted by atomic mass is 32.2. The average molecular weight is 1190 g/mol. The van der Waals surface area contributed by atoms with Crippen LogP contribution in [0.2, 0.25) is 0 Å². The largest absolute Gasteiger partial charge is 0.481 e. The number of nitrogen functional groups attached to an aromatic ring is 1. The summed E-state index contributed by atoms with van der Waals surface area (Å²) >= 11 is 3.02. The number of rotatable bonds is 36. The molecule has 29 nitrogen and oxygen atoms in total. The van der Waals surface area contributed by atoms with Crippen molar-refractivity contribution in [1.82, 2.24) is 46.1 Å². The Labute approximate surface area is 453 Å². The molecule has 0 bridgehead atoms. The van der Waals surface area contributed by atoms with Gasteiger partial charge >= 0.3 is 29.5 Å². The number of imidazole rings is 1. The molecule has 3 aliphatic rings. The number of aliphatic hydroxyl groups excluding tert-OH is 2.